The Labute approximate surface area is 224 Å². The summed E-state index contributed by atoms with van der Waals surface area (Å²) in [5.74, 6) is -0.250. The maximum absolute atomic E-state index is 13.7. The highest BCUT2D eigenvalue weighted by molar-refractivity contribution is 6.35. The van der Waals surface area contributed by atoms with E-state index in [2.05, 4.69) is 36.5 Å². The van der Waals surface area contributed by atoms with Gasteiger partial charge in [0.25, 0.3) is 0 Å². The molecule has 0 saturated heterocycles. The fourth-order valence-corrected chi connectivity index (χ4v) is 4.56. The molecule has 0 saturated carbocycles. The molecule has 0 aliphatic carbocycles. The van der Waals surface area contributed by atoms with Gasteiger partial charge in [-0.3, -0.25) is 9.59 Å². The number of carbonyl (C=O) groups excluding carboxylic acids is 2. The number of halogens is 2. The molecule has 0 heterocycles. The molecular formula is C30H34Cl2N2O2. The molecule has 1 atom stereocenters. The molecule has 0 aliphatic heterocycles. The molecule has 0 radical (unpaired) electrons. The van der Waals surface area contributed by atoms with E-state index in [0.29, 0.717) is 35.9 Å². The van der Waals surface area contributed by atoms with Gasteiger partial charge in [-0.25, -0.2) is 0 Å². The van der Waals surface area contributed by atoms with Gasteiger partial charge in [0, 0.05) is 36.0 Å². The Morgan fingerprint density at radius 2 is 1.58 bits per heavy atom. The normalized spacial score (nSPS) is 11.7. The van der Waals surface area contributed by atoms with Gasteiger partial charge >= 0.3 is 0 Å². The molecule has 190 valence electrons. The Hall–Kier alpha value is -2.82. The van der Waals surface area contributed by atoms with E-state index < -0.39 is 6.04 Å². The molecule has 0 bridgehead atoms. The summed E-state index contributed by atoms with van der Waals surface area (Å²) in [4.78, 5) is 28.8. The van der Waals surface area contributed by atoms with Gasteiger partial charge < -0.3 is 10.2 Å². The van der Waals surface area contributed by atoms with E-state index in [-0.39, 0.29) is 18.4 Å². The standard InChI is InChI=1S/C30H34Cl2N2O2/c1-3-18-33-30(36)28(19-24-8-6-5-7-9-24)34(21-25-15-16-26(31)20-27(25)32)29(35)17-14-23-12-10-22(4-2)11-13-23/h5-13,15-16,20,28H,3-4,14,17-19,21H2,1-2H3,(H,33,36). The number of rotatable bonds is 12. The van der Waals surface area contributed by atoms with Crippen LogP contribution in [0.1, 0.15) is 48.9 Å². The van der Waals surface area contributed by atoms with Crippen LogP contribution in [0.4, 0.5) is 0 Å². The van der Waals surface area contributed by atoms with Crippen LogP contribution in [0.5, 0.6) is 0 Å². The minimum Gasteiger partial charge on any atom is -0.354 e. The molecule has 0 spiro atoms. The van der Waals surface area contributed by atoms with E-state index in [0.717, 1.165) is 29.5 Å². The Morgan fingerprint density at radius 1 is 0.889 bits per heavy atom. The van der Waals surface area contributed by atoms with Crippen molar-refractivity contribution < 1.29 is 9.59 Å². The van der Waals surface area contributed by atoms with Crippen LogP contribution in [0.3, 0.4) is 0 Å². The van der Waals surface area contributed by atoms with Gasteiger partial charge in [0.05, 0.1) is 0 Å². The third-order valence-electron chi connectivity index (χ3n) is 6.23. The number of hydrogen-bond acceptors (Lipinski definition) is 2. The van der Waals surface area contributed by atoms with Gasteiger partial charge in [0.2, 0.25) is 11.8 Å². The van der Waals surface area contributed by atoms with E-state index in [4.69, 9.17) is 23.2 Å². The van der Waals surface area contributed by atoms with Crippen molar-refractivity contribution in [2.45, 2.75) is 58.5 Å². The summed E-state index contributed by atoms with van der Waals surface area (Å²) in [6, 6.07) is 22.7. The molecule has 6 heteroatoms. The molecule has 1 N–H and O–H groups in total. The van der Waals surface area contributed by atoms with Crippen molar-refractivity contribution in [1.29, 1.82) is 0 Å². The Bertz CT molecular complexity index is 1130. The highest BCUT2D eigenvalue weighted by atomic mass is 35.5. The topological polar surface area (TPSA) is 49.4 Å². The summed E-state index contributed by atoms with van der Waals surface area (Å²) in [6.07, 6.45) is 3.10. The molecule has 2 amide bonds. The van der Waals surface area contributed by atoms with Crippen molar-refractivity contribution in [3.8, 4) is 0 Å². The van der Waals surface area contributed by atoms with Gasteiger partial charge in [-0.15, -0.1) is 0 Å². The van der Waals surface area contributed by atoms with Crippen LogP contribution >= 0.6 is 23.2 Å². The lowest BCUT2D eigenvalue weighted by molar-refractivity contribution is -0.141. The molecule has 3 rings (SSSR count). The predicted octanol–water partition coefficient (Wildman–Crippen LogP) is 6.65. The minimum atomic E-state index is -0.666. The van der Waals surface area contributed by atoms with Crippen molar-refractivity contribution in [2.75, 3.05) is 6.54 Å². The fourth-order valence-electron chi connectivity index (χ4n) is 4.09. The zero-order valence-electron chi connectivity index (χ0n) is 21.0. The van der Waals surface area contributed by atoms with E-state index in [1.807, 2.05) is 43.3 Å². The molecule has 1 unspecified atom stereocenters. The Balaban J connectivity index is 1.90. The Morgan fingerprint density at radius 3 is 2.22 bits per heavy atom. The SMILES string of the molecule is CCCNC(=O)C(Cc1ccccc1)N(Cc1ccc(Cl)cc1Cl)C(=O)CCc1ccc(CC)cc1. The third kappa shape index (κ3) is 8.11. The van der Waals surface area contributed by atoms with Gasteiger partial charge in [-0.05, 0) is 53.6 Å². The number of carbonyl (C=O) groups is 2. The summed E-state index contributed by atoms with van der Waals surface area (Å²) in [5, 5.41) is 4.00. The van der Waals surface area contributed by atoms with Crippen molar-refractivity contribution >= 4 is 35.0 Å². The van der Waals surface area contributed by atoms with Gasteiger partial charge in [0.15, 0.2) is 0 Å². The van der Waals surface area contributed by atoms with E-state index in [9.17, 15) is 9.59 Å². The van der Waals surface area contributed by atoms with Gasteiger partial charge in [0.1, 0.15) is 6.04 Å². The van der Waals surface area contributed by atoms with Crippen LogP contribution in [0.25, 0.3) is 0 Å². The van der Waals surface area contributed by atoms with Gasteiger partial charge in [-0.2, -0.15) is 0 Å². The number of nitrogens with one attached hydrogen (secondary N) is 1. The molecule has 36 heavy (non-hydrogen) atoms. The molecule has 0 aliphatic rings. The first-order chi connectivity index (χ1) is 17.4. The van der Waals surface area contributed by atoms with Crippen LogP contribution < -0.4 is 5.32 Å². The van der Waals surface area contributed by atoms with E-state index >= 15 is 0 Å². The second kappa shape index (κ2) is 14.1. The summed E-state index contributed by atoms with van der Waals surface area (Å²) in [6.45, 7) is 4.90. The van der Waals surface area contributed by atoms with Crippen LogP contribution in [0.15, 0.2) is 72.8 Å². The number of amides is 2. The summed E-state index contributed by atoms with van der Waals surface area (Å²) < 4.78 is 0. The highest BCUT2D eigenvalue weighted by Gasteiger charge is 2.30. The number of aryl methyl sites for hydroxylation is 2. The van der Waals surface area contributed by atoms with Crippen LogP contribution in [-0.4, -0.2) is 29.3 Å². The average Bonchev–Trinajstić information content (AvgIpc) is 2.89. The zero-order chi connectivity index (χ0) is 25.9. The van der Waals surface area contributed by atoms with Crippen molar-refractivity contribution in [3.63, 3.8) is 0 Å². The summed E-state index contributed by atoms with van der Waals surface area (Å²) in [7, 11) is 0. The first kappa shape index (κ1) is 27.8. The highest BCUT2D eigenvalue weighted by Crippen LogP contribution is 2.24. The predicted molar refractivity (Wildman–Crippen MR) is 148 cm³/mol. The second-order valence-corrected chi connectivity index (χ2v) is 9.77. The van der Waals surface area contributed by atoms with Crippen LogP contribution in [-0.2, 0) is 35.4 Å². The smallest absolute Gasteiger partial charge is 0.243 e. The molecule has 4 nitrogen and oxygen atoms in total. The maximum Gasteiger partial charge on any atom is 0.243 e. The van der Waals surface area contributed by atoms with Crippen molar-refractivity contribution in [2.24, 2.45) is 0 Å². The zero-order valence-corrected chi connectivity index (χ0v) is 22.5. The van der Waals surface area contributed by atoms with Crippen molar-refractivity contribution in [1.82, 2.24) is 10.2 Å². The second-order valence-electron chi connectivity index (χ2n) is 8.92. The molecule has 3 aromatic rings. The summed E-state index contributed by atoms with van der Waals surface area (Å²) >= 11 is 12.6. The number of benzene rings is 3. The fraction of sp³-hybridized carbons (Fsp3) is 0.333. The third-order valence-corrected chi connectivity index (χ3v) is 6.82. The molecule has 3 aromatic carbocycles. The average molecular weight is 526 g/mol. The molecule has 0 aromatic heterocycles. The Kier molecular flexibility index (Phi) is 10.8. The van der Waals surface area contributed by atoms with Crippen LogP contribution in [0.2, 0.25) is 10.0 Å². The first-order valence-electron chi connectivity index (χ1n) is 12.5. The van der Waals surface area contributed by atoms with Crippen LogP contribution in [0, 0.1) is 0 Å². The molecule has 0 fully saturated rings. The lowest BCUT2D eigenvalue weighted by Gasteiger charge is -2.32. The minimum absolute atomic E-state index is 0.0897. The lowest BCUT2D eigenvalue weighted by Crippen LogP contribution is -2.50. The van der Waals surface area contributed by atoms with E-state index in [1.165, 1.54) is 5.56 Å². The summed E-state index contributed by atoms with van der Waals surface area (Å²) in [5.41, 5.74) is 4.10. The molecular weight excluding hydrogens is 491 g/mol. The number of nitrogens with zero attached hydrogens (tertiary/aromatic N) is 1. The maximum atomic E-state index is 13.7. The number of hydrogen-bond donors (Lipinski definition) is 1. The first-order valence-corrected chi connectivity index (χ1v) is 13.3. The lowest BCUT2D eigenvalue weighted by atomic mass is 10.0. The van der Waals surface area contributed by atoms with E-state index in [1.54, 1.807) is 17.0 Å². The largest absolute Gasteiger partial charge is 0.354 e. The quantitative estimate of drug-likeness (QED) is 0.288. The monoisotopic (exact) mass is 524 g/mol. The van der Waals surface area contributed by atoms with Crippen molar-refractivity contribution in [3.05, 3.63) is 105 Å². The van der Waals surface area contributed by atoms with Gasteiger partial charge in [-0.1, -0.05) is 97.7 Å².